The number of carbonyl (C=O) groups excluding carboxylic acids is 8. The highest BCUT2D eigenvalue weighted by Gasteiger charge is 2.29. The monoisotopic (exact) mass is 1160 g/mol. The third-order valence-electron chi connectivity index (χ3n) is 11.2. The lowest BCUT2D eigenvalue weighted by Crippen LogP contribution is -2.30. The fraction of sp³-hybridized carbons (Fsp3) is 0.286. The van der Waals surface area contributed by atoms with E-state index in [0.29, 0.717) is 38.1 Å². The molecule has 80 heavy (non-hydrogen) atoms. The maximum Gasteiger partial charge on any atom is 0.549 e. The molecule has 2 atom stereocenters. The Morgan fingerprint density at radius 2 is 0.550 bits per heavy atom. The minimum absolute atomic E-state index is 0.0616. The van der Waals surface area contributed by atoms with Crippen molar-refractivity contribution in [2.45, 2.75) is 68.2 Å². The molecule has 0 fully saturated rings. The van der Waals surface area contributed by atoms with E-state index in [9.17, 15) is 38.4 Å². The molecule has 4 aromatic rings. The molecule has 0 N–H and O–H groups in total. The molecule has 8 radical (unpaired) electrons. The van der Waals surface area contributed by atoms with E-state index in [0.717, 1.165) is 41.5 Å². The number of allylic oxidation sites excluding steroid dienone is 8. The molecule has 0 heterocycles. The number of hydrogen-bond acceptors (Lipinski definition) is 20. The van der Waals surface area contributed by atoms with E-state index in [1.165, 1.54) is 48.5 Å². The van der Waals surface area contributed by atoms with Gasteiger partial charge in [0.1, 0.15) is 38.1 Å². The molecule has 0 bridgehead atoms. The molecule has 0 aliphatic carbocycles. The summed E-state index contributed by atoms with van der Waals surface area (Å²) in [5.74, 6) is -6.11. The lowest BCUT2D eigenvalue weighted by molar-refractivity contribution is -0.208. The Labute approximate surface area is 472 Å². The predicted octanol–water partition coefficient (Wildman–Crippen LogP) is 7.71. The van der Waals surface area contributed by atoms with Gasteiger partial charge in [0.05, 0.1) is 48.7 Å². The van der Waals surface area contributed by atoms with Crippen molar-refractivity contribution in [3.8, 4) is 0 Å². The Bertz CT molecular complexity index is 2670. The van der Waals surface area contributed by atoms with Gasteiger partial charge in [-0.25, -0.2) is 58.3 Å². The average molecular weight is 1160 g/mol. The molecule has 4 aromatic carbocycles. The quantitative estimate of drug-likeness (QED) is 0.0227. The molecular weight excluding hydrogens is 1100 g/mol. The van der Waals surface area contributed by atoms with E-state index < -0.39 is 86.8 Å². The highest BCUT2D eigenvalue weighted by atomic mass is 28.2. The van der Waals surface area contributed by atoms with Crippen molar-refractivity contribution in [2.75, 3.05) is 26.4 Å². The van der Waals surface area contributed by atoms with Crippen LogP contribution < -0.4 is 20.7 Å². The van der Waals surface area contributed by atoms with Crippen molar-refractivity contribution in [1.29, 1.82) is 0 Å². The highest BCUT2D eigenvalue weighted by molar-refractivity contribution is 6.62. The second-order valence-corrected chi connectivity index (χ2v) is 23.4. The predicted molar refractivity (Wildman–Crippen MR) is 293 cm³/mol. The molecule has 2 unspecified atom stereocenters. The average Bonchev–Trinajstić information content (AvgIpc) is 3.46. The van der Waals surface area contributed by atoms with Gasteiger partial charge in [-0.05, 0) is 117 Å². The third kappa shape index (κ3) is 23.7. The van der Waals surface area contributed by atoms with E-state index in [1.807, 2.05) is 79.7 Å². The smallest absolute Gasteiger partial charge is 0.432 e. The summed E-state index contributed by atoms with van der Waals surface area (Å²) >= 11 is 0. The lowest BCUT2D eigenvalue weighted by atomic mass is 9.88. The minimum Gasteiger partial charge on any atom is -0.432 e. The fourth-order valence-electron chi connectivity index (χ4n) is 6.38. The second-order valence-electron chi connectivity index (χ2n) is 16.9. The summed E-state index contributed by atoms with van der Waals surface area (Å²) in [6, 6.07) is 25.7. The Hall–Kier alpha value is -8.33. The fourth-order valence-corrected chi connectivity index (χ4v) is 10.1. The number of hydrogen-bond donors (Lipinski definition) is 0. The lowest BCUT2D eigenvalue weighted by Gasteiger charge is -2.25. The van der Waals surface area contributed by atoms with E-state index in [4.69, 9.17) is 28.7 Å². The van der Waals surface area contributed by atoms with Crippen LogP contribution in [-0.4, -0.2) is 113 Å². The summed E-state index contributed by atoms with van der Waals surface area (Å²) in [5.41, 5.74) is 0.287. The Kier molecular flexibility index (Phi) is 27.7. The van der Waals surface area contributed by atoms with Crippen LogP contribution in [0, 0.1) is 11.8 Å². The molecular formula is C56H58O20Si4. The molecule has 0 amide bonds. The normalized spacial score (nSPS) is 12.3. The van der Waals surface area contributed by atoms with Crippen LogP contribution in [-0.2, 0) is 58.0 Å². The van der Waals surface area contributed by atoms with Crippen molar-refractivity contribution in [2.24, 2.45) is 11.8 Å². The van der Waals surface area contributed by atoms with Gasteiger partial charge in [0.2, 0.25) is 0 Å². The molecule has 4 rings (SSSR count). The van der Waals surface area contributed by atoms with E-state index >= 15 is 0 Å². The third-order valence-corrected chi connectivity index (χ3v) is 16.5. The van der Waals surface area contributed by atoms with Crippen LogP contribution >= 0.6 is 0 Å². The zero-order valence-corrected chi connectivity index (χ0v) is 49.1. The first-order chi connectivity index (χ1) is 38.4. The van der Waals surface area contributed by atoms with Crippen molar-refractivity contribution < 1.29 is 96.4 Å². The Balaban J connectivity index is 1.46. The maximum atomic E-state index is 12.9. The number of ether oxygens (including phenoxy) is 4. The molecule has 0 spiro atoms. The molecule has 0 aliphatic heterocycles. The molecule has 418 valence electrons. The SMILES string of the molecule is C/C=C(\C)[Si]c1ccc(C(=O)OOC(=O)OCCC(COC(=O)OOC(=O)c2ccc([Si]/C(C)=C/C)cc2)C(CCOC(=O)OOC(=O)c2ccc([Si]/C(C)=C/C)cc2)COC(=O)OOC(=O)c2ccc([Si]/C(C)=C/C)cc2)cc1. The van der Waals surface area contributed by atoms with Crippen LogP contribution in [0.25, 0.3) is 0 Å². The van der Waals surface area contributed by atoms with Crippen LogP contribution in [0.1, 0.15) is 110 Å². The van der Waals surface area contributed by atoms with Crippen molar-refractivity contribution in [3.05, 3.63) is 164 Å². The van der Waals surface area contributed by atoms with Gasteiger partial charge in [-0.3, -0.25) is 0 Å². The summed E-state index contributed by atoms with van der Waals surface area (Å²) in [5, 5.41) is 8.36. The van der Waals surface area contributed by atoms with Gasteiger partial charge in [-0.2, -0.15) is 19.2 Å². The molecule has 20 nitrogen and oxygen atoms in total. The first kappa shape index (κ1) is 64.2. The van der Waals surface area contributed by atoms with Crippen LogP contribution in [0.3, 0.4) is 0 Å². The summed E-state index contributed by atoms with van der Waals surface area (Å²) < 4.78 is 20.9. The number of benzene rings is 4. The molecule has 24 heteroatoms. The largest absolute Gasteiger partial charge is 0.549 e. The topological polar surface area (TPSA) is 247 Å². The second kappa shape index (κ2) is 34.5. The summed E-state index contributed by atoms with van der Waals surface area (Å²) in [4.78, 5) is 139. The van der Waals surface area contributed by atoms with Gasteiger partial charge in [0.15, 0.2) is 0 Å². The molecule has 0 saturated carbocycles. The van der Waals surface area contributed by atoms with Gasteiger partial charge < -0.3 is 18.9 Å². The zero-order valence-electron chi connectivity index (χ0n) is 45.1. The summed E-state index contributed by atoms with van der Waals surface area (Å²) in [7, 11) is 1.52. The zero-order chi connectivity index (χ0) is 58.4. The molecule has 0 saturated heterocycles. The summed E-state index contributed by atoms with van der Waals surface area (Å²) in [6.45, 7) is 13.2. The van der Waals surface area contributed by atoms with Gasteiger partial charge >= 0.3 is 48.5 Å². The summed E-state index contributed by atoms with van der Waals surface area (Å²) in [6.07, 6.45) is 1.51. The van der Waals surface area contributed by atoms with Crippen LogP contribution in [0.15, 0.2) is 142 Å². The number of rotatable bonds is 23. The van der Waals surface area contributed by atoms with Gasteiger partial charge in [-0.1, -0.05) is 114 Å². The van der Waals surface area contributed by atoms with Gasteiger partial charge in [-0.15, -0.1) is 0 Å². The van der Waals surface area contributed by atoms with Crippen LogP contribution in [0.2, 0.25) is 0 Å². The van der Waals surface area contributed by atoms with Crippen LogP contribution in [0.5, 0.6) is 0 Å². The first-order valence-electron chi connectivity index (χ1n) is 24.6. The number of carbonyl (C=O) groups is 8. The van der Waals surface area contributed by atoms with Crippen molar-refractivity contribution >= 4 is 107 Å². The maximum absolute atomic E-state index is 12.9. The van der Waals surface area contributed by atoms with E-state index in [2.05, 4.69) is 29.3 Å². The van der Waals surface area contributed by atoms with Crippen molar-refractivity contribution in [1.82, 2.24) is 0 Å². The van der Waals surface area contributed by atoms with Gasteiger partial charge in [0.25, 0.3) is 0 Å². The van der Waals surface area contributed by atoms with Crippen molar-refractivity contribution in [3.63, 3.8) is 0 Å². The molecule has 0 aromatic heterocycles. The molecule has 0 aliphatic rings. The Morgan fingerprint density at radius 3 is 0.762 bits per heavy atom. The van der Waals surface area contributed by atoms with Gasteiger partial charge in [0, 0.05) is 11.8 Å². The minimum atomic E-state index is -1.50. The van der Waals surface area contributed by atoms with E-state index in [1.54, 1.807) is 48.5 Å². The standard InChI is InChI=1S/C56H58O20Si4/c1-9-35(5)77-45-21-13-39(14-22-45)49(57)69-73-53(61)65-31-29-43(33-67-55(63)75-71-51(59)41-17-25-47(26-18-41)79-37(7)11-3)44(34-68-56(64)76-72-52(60)42-19-27-48(28-20-42)80-38(8)12-4)30-32-66-54(62)74-70-50(58)40-15-23-46(24-16-40)78-36(6)10-2/h9-28,43-44H,29-34H2,1-8H3/b35-9+,36-10+,37-11+,38-12+. The first-order valence-corrected chi connectivity index (χ1v) is 28.6. The highest BCUT2D eigenvalue weighted by Crippen LogP contribution is 2.23. The Morgan fingerprint density at radius 1 is 0.338 bits per heavy atom. The van der Waals surface area contributed by atoms with Crippen LogP contribution in [0.4, 0.5) is 19.2 Å². The van der Waals surface area contributed by atoms with E-state index in [-0.39, 0.29) is 35.1 Å².